The van der Waals surface area contributed by atoms with E-state index in [9.17, 15) is 0 Å². The van der Waals surface area contributed by atoms with Gasteiger partial charge in [-0.15, -0.1) is 0 Å². The van der Waals surface area contributed by atoms with E-state index in [0.29, 0.717) is 8.77 Å². The maximum atomic E-state index is 4.82. The van der Waals surface area contributed by atoms with Crippen LogP contribution in [0.4, 0.5) is 0 Å². The Morgan fingerprint density at radius 3 is 1.73 bits per heavy atom. The summed E-state index contributed by atoms with van der Waals surface area (Å²) in [6.07, 6.45) is 0. The third-order valence-corrected chi connectivity index (χ3v) is 10.6. The molecule has 0 aliphatic rings. The molecule has 64 valence electrons. The van der Waals surface area contributed by atoms with E-state index < -0.39 is 0 Å². The first-order valence-electron chi connectivity index (χ1n) is 2.37. The van der Waals surface area contributed by atoms with Crippen molar-refractivity contribution in [2.75, 3.05) is 14.2 Å². The molecule has 0 spiro atoms. The van der Waals surface area contributed by atoms with Gasteiger partial charge in [-0.05, 0) is 0 Å². The molecule has 2 nitrogen and oxygen atoms in total. The van der Waals surface area contributed by atoms with Crippen LogP contribution in [0.1, 0.15) is 0 Å². The number of rotatable bonds is 2. The molecule has 0 aromatic heterocycles. The molecule has 0 fully saturated rings. The summed E-state index contributed by atoms with van der Waals surface area (Å²) in [5.74, 6) is 0. The molecule has 0 amide bonds. The van der Waals surface area contributed by atoms with Crippen molar-refractivity contribution in [2.45, 2.75) is 0 Å². The van der Waals surface area contributed by atoms with E-state index in [1.54, 1.807) is 32.2 Å². The van der Waals surface area contributed by atoms with Gasteiger partial charge >= 0.3 is 93.1 Å². The zero-order chi connectivity index (χ0) is 8.69. The van der Waals surface area contributed by atoms with Gasteiger partial charge in [0.25, 0.3) is 0 Å². The molecule has 0 aliphatic heterocycles. The SMILES string of the molecule is COC(=S)S[Te]SC(=S)OC. The fourth-order valence-corrected chi connectivity index (χ4v) is 9.10. The molecular formula is C4H6O2S4Te. The fraction of sp³-hybridized carbons (Fsp3) is 0.500. The Balaban J connectivity index is 3.27. The molecule has 0 rings (SSSR count). The van der Waals surface area contributed by atoms with E-state index in [0.717, 1.165) is 0 Å². The van der Waals surface area contributed by atoms with Crippen molar-refractivity contribution >= 4 is 69.4 Å². The number of hydrogen-bond donors (Lipinski definition) is 0. The quantitative estimate of drug-likeness (QED) is 0.559. The molecule has 0 atom stereocenters. The van der Waals surface area contributed by atoms with Crippen LogP contribution in [-0.4, -0.2) is 41.2 Å². The Morgan fingerprint density at radius 1 is 1.09 bits per heavy atom. The van der Waals surface area contributed by atoms with E-state index in [1.165, 1.54) is 0 Å². The molecule has 0 aromatic rings. The molecule has 0 aromatic carbocycles. The van der Waals surface area contributed by atoms with Gasteiger partial charge in [0.2, 0.25) is 0 Å². The number of thiocarbonyl (C=S) groups is 2. The normalized spacial score (nSPS) is 8.91. The van der Waals surface area contributed by atoms with Gasteiger partial charge in [0.15, 0.2) is 0 Å². The molecule has 0 saturated heterocycles. The summed E-state index contributed by atoms with van der Waals surface area (Å²) >= 11 is 9.31. The number of ether oxygens (including phenoxy) is 2. The van der Waals surface area contributed by atoms with Crippen molar-refractivity contribution in [1.29, 1.82) is 0 Å². The summed E-state index contributed by atoms with van der Waals surface area (Å²) in [6, 6.07) is 0. The van der Waals surface area contributed by atoms with E-state index in [1.807, 2.05) is 0 Å². The predicted molar refractivity (Wildman–Crippen MR) is 60.2 cm³/mol. The monoisotopic (exact) mass is 344 g/mol. The third kappa shape index (κ3) is 7.62. The first-order chi connectivity index (χ1) is 5.20. The zero-order valence-electron chi connectivity index (χ0n) is 5.86. The van der Waals surface area contributed by atoms with Crippen LogP contribution >= 0.6 is 42.4 Å². The molecule has 0 heterocycles. The summed E-state index contributed by atoms with van der Waals surface area (Å²) in [7, 11) is 6.25. The molecule has 0 bridgehead atoms. The van der Waals surface area contributed by atoms with Gasteiger partial charge in [0, 0.05) is 0 Å². The maximum absolute atomic E-state index is 4.82. The molecule has 7 heteroatoms. The van der Waals surface area contributed by atoms with Crippen LogP contribution in [0, 0.1) is 0 Å². The van der Waals surface area contributed by atoms with Crippen molar-refractivity contribution < 1.29 is 9.47 Å². The predicted octanol–water partition coefficient (Wildman–Crippen LogP) is 1.85. The van der Waals surface area contributed by atoms with Crippen LogP contribution in [0.3, 0.4) is 0 Å². The summed E-state index contributed by atoms with van der Waals surface area (Å²) in [4.78, 5) is 0. The van der Waals surface area contributed by atoms with Crippen molar-refractivity contribution in [3.8, 4) is 0 Å². The van der Waals surface area contributed by atoms with Crippen LogP contribution in [0.25, 0.3) is 0 Å². The summed E-state index contributed by atoms with van der Waals surface area (Å²) < 4.78 is 10.8. The van der Waals surface area contributed by atoms with Gasteiger partial charge in [-0.25, -0.2) is 0 Å². The molecule has 0 unspecified atom stereocenters. The minimum atomic E-state index is -0.332. The Labute approximate surface area is 92.2 Å². The van der Waals surface area contributed by atoms with Crippen LogP contribution in [0.15, 0.2) is 0 Å². The summed E-state index contributed by atoms with van der Waals surface area (Å²) in [6.45, 7) is 0. The first-order valence-corrected chi connectivity index (χ1v) is 10.4. The van der Waals surface area contributed by atoms with Crippen molar-refractivity contribution in [3.63, 3.8) is 0 Å². The molecule has 0 radical (unpaired) electrons. The fourth-order valence-electron chi connectivity index (χ4n) is 0.141. The Morgan fingerprint density at radius 2 is 1.45 bits per heavy atom. The topological polar surface area (TPSA) is 18.5 Å². The van der Waals surface area contributed by atoms with Crippen molar-refractivity contribution in [2.24, 2.45) is 0 Å². The van der Waals surface area contributed by atoms with Crippen LogP contribution in [0.5, 0.6) is 0 Å². The third-order valence-electron chi connectivity index (χ3n) is 0.537. The van der Waals surface area contributed by atoms with Crippen LogP contribution in [0.2, 0.25) is 0 Å². The first kappa shape index (κ1) is 12.3. The number of methoxy groups -OCH3 is 2. The van der Waals surface area contributed by atoms with E-state index in [4.69, 9.17) is 33.9 Å². The second-order valence-corrected chi connectivity index (χ2v) is 10.4. The van der Waals surface area contributed by atoms with E-state index in [-0.39, 0.29) is 18.2 Å². The van der Waals surface area contributed by atoms with Crippen LogP contribution < -0.4 is 0 Å². The van der Waals surface area contributed by atoms with Crippen molar-refractivity contribution in [3.05, 3.63) is 0 Å². The second kappa shape index (κ2) is 7.90. The van der Waals surface area contributed by atoms with Gasteiger partial charge < -0.3 is 0 Å². The average molecular weight is 342 g/mol. The number of hydrogen-bond acceptors (Lipinski definition) is 6. The summed E-state index contributed by atoms with van der Waals surface area (Å²) in [5, 5.41) is 0. The van der Waals surface area contributed by atoms with Gasteiger partial charge in [-0.3, -0.25) is 0 Å². The summed E-state index contributed by atoms with van der Waals surface area (Å²) in [5.41, 5.74) is 0. The zero-order valence-corrected chi connectivity index (χ0v) is 11.5. The standard InChI is InChI=1S/C4H6O2S4Te/c1-5-3(7)9-11-10-4(8)6-2/h1-2H3. The Hall–Kier alpha value is 1.27. The minimum absolute atomic E-state index is 0.332. The molecular weight excluding hydrogens is 336 g/mol. The molecule has 0 aliphatic carbocycles. The Bertz CT molecular complexity index is 135. The molecule has 0 saturated carbocycles. The molecule has 0 N–H and O–H groups in total. The van der Waals surface area contributed by atoms with Gasteiger partial charge in [-0.2, -0.15) is 0 Å². The average Bonchev–Trinajstić information content (AvgIpc) is 2.04. The Kier molecular flexibility index (Phi) is 8.81. The van der Waals surface area contributed by atoms with Gasteiger partial charge in [0.1, 0.15) is 0 Å². The molecule has 11 heavy (non-hydrogen) atoms. The van der Waals surface area contributed by atoms with E-state index in [2.05, 4.69) is 0 Å². The van der Waals surface area contributed by atoms with Gasteiger partial charge in [-0.1, -0.05) is 0 Å². The second-order valence-electron chi connectivity index (χ2n) is 1.14. The van der Waals surface area contributed by atoms with Crippen molar-refractivity contribution in [1.82, 2.24) is 0 Å². The van der Waals surface area contributed by atoms with Crippen LogP contribution in [-0.2, 0) is 9.47 Å². The van der Waals surface area contributed by atoms with Gasteiger partial charge in [0.05, 0.1) is 0 Å². The van der Waals surface area contributed by atoms with E-state index >= 15 is 0 Å².